The third kappa shape index (κ3) is 25.9. The number of aliphatic hydroxyl groups is 1. The Morgan fingerprint density at radius 3 is 1.14 bits per heavy atom. The molecular formula is C30H59NO4. The van der Waals surface area contributed by atoms with Gasteiger partial charge in [-0.05, 0) is 6.42 Å². The van der Waals surface area contributed by atoms with Crippen molar-refractivity contribution >= 4 is 11.9 Å². The van der Waals surface area contributed by atoms with Gasteiger partial charge in [-0.15, -0.1) is 0 Å². The number of hydrogen-bond donors (Lipinski definition) is 2. The Morgan fingerprint density at radius 1 is 0.571 bits per heavy atom. The van der Waals surface area contributed by atoms with Gasteiger partial charge in [0.05, 0.1) is 6.61 Å². The molecule has 0 aromatic heterocycles. The number of carbonyl (C=O) groups excluding carboxylic acids is 2. The van der Waals surface area contributed by atoms with Crippen molar-refractivity contribution in [1.29, 1.82) is 0 Å². The maximum absolute atomic E-state index is 11.5. The third-order valence-corrected chi connectivity index (χ3v) is 6.95. The number of hydrogen-bond acceptors (Lipinski definition) is 5. The van der Waals surface area contributed by atoms with E-state index in [1.54, 1.807) is 0 Å². The second-order valence-corrected chi connectivity index (χ2v) is 10.5. The molecule has 0 bridgehead atoms. The van der Waals surface area contributed by atoms with E-state index in [2.05, 4.69) is 11.7 Å². The highest BCUT2D eigenvalue weighted by atomic mass is 16.6. The van der Waals surface area contributed by atoms with Crippen molar-refractivity contribution in [2.24, 2.45) is 5.73 Å². The molecule has 0 radical (unpaired) electrons. The molecule has 0 heterocycles. The molecule has 0 fully saturated rings. The highest BCUT2D eigenvalue weighted by molar-refractivity contribution is 5.88. The van der Waals surface area contributed by atoms with Crippen molar-refractivity contribution in [2.45, 2.75) is 173 Å². The molecule has 0 rings (SSSR count). The summed E-state index contributed by atoms with van der Waals surface area (Å²) in [4.78, 5) is 22.8. The van der Waals surface area contributed by atoms with Crippen LogP contribution in [0.25, 0.3) is 0 Å². The molecule has 0 spiro atoms. The van der Waals surface area contributed by atoms with E-state index in [4.69, 9.17) is 10.8 Å². The van der Waals surface area contributed by atoms with Crippen LogP contribution in [0.2, 0.25) is 0 Å². The van der Waals surface area contributed by atoms with Gasteiger partial charge in [-0.1, -0.05) is 155 Å². The van der Waals surface area contributed by atoms with Crippen molar-refractivity contribution in [1.82, 2.24) is 0 Å². The molecule has 0 aromatic rings. The Morgan fingerprint density at radius 2 is 0.857 bits per heavy atom. The van der Waals surface area contributed by atoms with Gasteiger partial charge in [-0.25, -0.2) is 4.79 Å². The standard InChI is InChI=1S/C30H59NO4/c1-2-3-4-5-6-7-8-9-10-11-12-13-14-15-16-17-18-19-20-21-22-23-24-25-26-29(33)35-30(34)28(31)27-32/h28,32H,2-27,31H2,1H3/t28-/m0/s1. The van der Waals surface area contributed by atoms with Crippen molar-refractivity contribution in [2.75, 3.05) is 6.61 Å². The van der Waals surface area contributed by atoms with Crippen LogP contribution in [0.15, 0.2) is 0 Å². The monoisotopic (exact) mass is 497 g/mol. The molecule has 35 heavy (non-hydrogen) atoms. The van der Waals surface area contributed by atoms with Gasteiger partial charge in [0.15, 0.2) is 0 Å². The van der Waals surface area contributed by atoms with Crippen molar-refractivity contribution in [3.05, 3.63) is 0 Å². The van der Waals surface area contributed by atoms with Crippen LogP contribution in [0.3, 0.4) is 0 Å². The van der Waals surface area contributed by atoms with Gasteiger partial charge in [0.1, 0.15) is 6.04 Å². The second-order valence-electron chi connectivity index (χ2n) is 10.5. The number of aliphatic hydroxyl groups excluding tert-OH is 1. The summed E-state index contributed by atoms with van der Waals surface area (Å²) in [5, 5.41) is 8.75. The fourth-order valence-corrected chi connectivity index (χ4v) is 4.55. The van der Waals surface area contributed by atoms with E-state index in [9.17, 15) is 9.59 Å². The van der Waals surface area contributed by atoms with Crippen molar-refractivity contribution in [3.63, 3.8) is 0 Å². The van der Waals surface area contributed by atoms with Crippen molar-refractivity contribution < 1.29 is 19.4 Å². The molecule has 0 unspecified atom stereocenters. The second kappa shape index (κ2) is 27.6. The lowest BCUT2D eigenvalue weighted by Crippen LogP contribution is -2.36. The normalized spacial score (nSPS) is 12.1. The predicted molar refractivity (Wildman–Crippen MR) is 147 cm³/mol. The van der Waals surface area contributed by atoms with E-state index in [0.717, 1.165) is 19.3 Å². The molecular weight excluding hydrogens is 438 g/mol. The average molecular weight is 498 g/mol. The van der Waals surface area contributed by atoms with Crippen LogP contribution in [0, 0.1) is 0 Å². The van der Waals surface area contributed by atoms with E-state index < -0.39 is 24.6 Å². The van der Waals surface area contributed by atoms with Gasteiger partial charge >= 0.3 is 11.9 Å². The molecule has 5 heteroatoms. The van der Waals surface area contributed by atoms with Gasteiger partial charge < -0.3 is 15.6 Å². The Balaban J connectivity index is 3.16. The van der Waals surface area contributed by atoms with E-state index in [1.165, 1.54) is 135 Å². The maximum atomic E-state index is 11.5. The average Bonchev–Trinajstić information content (AvgIpc) is 2.86. The highest BCUT2D eigenvalue weighted by Gasteiger charge is 2.17. The summed E-state index contributed by atoms with van der Waals surface area (Å²) in [7, 11) is 0. The maximum Gasteiger partial charge on any atom is 0.332 e. The fraction of sp³-hybridized carbons (Fsp3) is 0.933. The number of nitrogens with two attached hydrogens (primary N) is 1. The van der Waals surface area contributed by atoms with E-state index in [1.807, 2.05) is 0 Å². The van der Waals surface area contributed by atoms with Crippen LogP contribution in [0.5, 0.6) is 0 Å². The largest absolute Gasteiger partial charge is 0.394 e. The zero-order valence-corrected chi connectivity index (χ0v) is 23.2. The van der Waals surface area contributed by atoms with Crippen LogP contribution in [-0.4, -0.2) is 29.7 Å². The molecule has 0 aromatic carbocycles. The topological polar surface area (TPSA) is 89.6 Å². The summed E-state index contributed by atoms with van der Waals surface area (Å²) in [6, 6.07) is -1.13. The quantitative estimate of drug-likeness (QED) is 0.0679. The number of unbranched alkanes of at least 4 members (excludes halogenated alkanes) is 23. The minimum Gasteiger partial charge on any atom is -0.394 e. The lowest BCUT2D eigenvalue weighted by molar-refractivity contribution is -0.161. The van der Waals surface area contributed by atoms with Gasteiger partial charge in [-0.2, -0.15) is 0 Å². The van der Waals surface area contributed by atoms with E-state index in [0.29, 0.717) is 0 Å². The first-order valence-electron chi connectivity index (χ1n) is 15.2. The van der Waals surface area contributed by atoms with Crippen molar-refractivity contribution in [3.8, 4) is 0 Å². The summed E-state index contributed by atoms with van der Waals surface area (Å²) >= 11 is 0. The molecule has 1 atom stereocenters. The molecule has 0 saturated carbocycles. The zero-order chi connectivity index (χ0) is 25.8. The zero-order valence-electron chi connectivity index (χ0n) is 23.2. The van der Waals surface area contributed by atoms with E-state index >= 15 is 0 Å². The molecule has 5 nitrogen and oxygen atoms in total. The number of rotatable bonds is 27. The van der Waals surface area contributed by atoms with Crippen LogP contribution < -0.4 is 5.73 Å². The van der Waals surface area contributed by atoms with Crippen LogP contribution in [0.1, 0.15) is 167 Å². The molecule has 0 amide bonds. The van der Waals surface area contributed by atoms with Crippen LogP contribution >= 0.6 is 0 Å². The molecule has 0 saturated heterocycles. The minimum atomic E-state index is -1.13. The molecule has 3 N–H and O–H groups in total. The Kier molecular flexibility index (Phi) is 26.9. The fourth-order valence-electron chi connectivity index (χ4n) is 4.55. The number of ether oxygens (including phenoxy) is 1. The third-order valence-electron chi connectivity index (χ3n) is 6.95. The smallest absolute Gasteiger partial charge is 0.332 e. The van der Waals surface area contributed by atoms with Crippen LogP contribution in [-0.2, 0) is 14.3 Å². The van der Waals surface area contributed by atoms with Gasteiger partial charge in [0.2, 0.25) is 0 Å². The van der Waals surface area contributed by atoms with Gasteiger partial charge in [0, 0.05) is 6.42 Å². The summed E-state index contributed by atoms with van der Waals surface area (Å²) in [5.74, 6) is -1.39. The van der Waals surface area contributed by atoms with Crippen LogP contribution in [0.4, 0.5) is 0 Å². The number of carbonyl (C=O) groups is 2. The molecule has 0 aliphatic rings. The Bertz CT molecular complexity index is 469. The first kappa shape index (κ1) is 34.1. The summed E-state index contributed by atoms with van der Waals surface area (Å²) in [6.07, 6.45) is 32.4. The predicted octanol–water partition coefficient (Wildman–Crippen LogP) is 8.15. The Hall–Kier alpha value is -0.940. The van der Waals surface area contributed by atoms with Gasteiger partial charge in [0.25, 0.3) is 0 Å². The lowest BCUT2D eigenvalue weighted by atomic mass is 10.0. The highest BCUT2D eigenvalue weighted by Crippen LogP contribution is 2.15. The first-order chi connectivity index (χ1) is 17.1. The minimum absolute atomic E-state index is 0.239. The van der Waals surface area contributed by atoms with E-state index in [-0.39, 0.29) is 6.42 Å². The first-order valence-corrected chi connectivity index (χ1v) is 15.2. The van der Waals surface area contributed by atoms with Gasteiger partial charge in [-0.3, -0.25) is 4.79 Å². The number of esters is 2. The lowest BCUT2D eigenvalue weighted by Gasteiger charge is -2.07. The molecule has 0 aliphatic carbocycles. The Labute approximate surface area is 217 Å². The SMILES string of the molecule is CCCCCCCCCCCCCCCCCCCCCCCCCCC(=O)OC(=O)[C@@H](N)CO. The summed E-state index contributed by atoms with van der Waals surface area (Å²) in [6.45, 7) is 1.78. The molecule has 0 aliphatic heterocycles. The summed E-state index contributed by atoms with van der Waals surface area (Å²) in [5.41, 5.74) is 5.31. The molecule has 208 valence electrons. The summed E-state index contributed by atoms with van der Waals surface area (Å²) < 4.78 is 4.59.